The molecule has 1 atom stereocenters. The third kappa shape index (κ3) is 4.76. The standard InChI is InChI=1S/C33H29N7O6/c1-16-20-6-7-23(22(20)5-4-21(16)32(45)46)37-30(43)24-13-25(40-11-9-35-33(40)38-24)31(44)36-14-17-2-3-18-8-10-39(15-19(18)12-17)27-26(34)28(41)29(27)42/h2-5,9,11-13,23H,6-8,10,14-15,34H2,1H3,(H,36,44)(H,37,43)(H,45,46)/t23-/m0/s1. The van der Waals surface area contributed by atoms with Crippen LogP contribution in [0.2, 0.25) is 0 Å². The first-order valence-corrected chi connectivity index (χ1v) is 14.8. The predicted octanol–water partition coefficient (Wildman–Crippen LogP) is 1.82. The van der Waals surface area contributed by atoms with Crippen LogP contribution in [0.15, 0.2) is 58.4 Å². The van der Waals surface area contributed by atoms with E-state index in [4.69, 9.17) is 5.73 Å². The molecule has 0 bridgehead atoms. The number of aromatic carboxylic acids is 1. The number of carbonyl (C=O) groups excluding carboxylic acids is 2. The van der Waals surface area contributed by atoms with E-state index in [1.54, 1.807) is 25.3 Å². The Kier molecular flexibility index (Phi) is 6.88. The Balaban J connectivity index is 1.07. The van der Waals surface area contributed by atoms with Gasteiger partial charge in [-0.25, -0.2) is 14.8 Å². The normalized spacial score (nSPS) is 15.5. The maximum Gasteiger partial charge on any atom is 0.335 e. The molecule has 2 aromatic heterocycles. The third-order valence-corrected chi connectivity index (χ3v) is 9.04. The molecule has 2 aliphatic rings. The number of hydrogen-bond acceptors (Lipinski definition) is 9. The number of carboxylic acid groups (broad SMARTS) is 1. The molecule has 46 heavy (non-hydrogen) atoms. The first kappa shape index (κ1) is 28.9. The van der Waals surface area contributed by atoms with Crippen LogP contribution in [0, 0.1) is 6.92 Å². The molecule has 3 aromatic carbocycles. The number of nitrogens with two attached hydrogens (primary N) is 1. The number of carbonyl (C=O) groups is 3. The van der Waals surface area contributed by atoms with Gasteiger partial charge in [-0.3, -0.25) is 23.6 Å². The smallest absolute Gasteiger partial charge is 0.335 e. The Morgan fingerprint density at radius 2 is 1.87 bits per heavy atom. The molecule has 7 rings (SSSR count). The third-order valence-electron chi connectivity index (χ3n) is 9.04. The van der Waals surface area contributed by atoms with Gasteiger partial charge in [0.15, 0.2) is 0 Å². The minimum absolute atomic E-state index is 0.00516. The maximum absolute atomic E-state index is 13.5. The van der Waals surface area contributed by atoms with Crippen LogP contribution < -0.4 is 32.1 Å². The molecule has 1 aliphatic carbocycles. The molecule has 2 amide bonds. The number of amides is 2. The van der Waals surface area contributed by atoms with Crippen LogP contribution >= 0.6 is 0 Å². The molecule has 1 aliphatic heterocycles. The Morgan fingerprint density at radius 1 is 1.04 bits per heavy atom. The number of rotatable bonds is 7. The van der Waals surface area contributed by atoms with E-state index < -0.39 is 28.6 Å². The molecule has 0 saturated heterocycles. The van der Waals surface area contributed by atoms with Crippen LogP contribution in [0.25, 0.3) is 5.78 Å². The number of carboxylic acids is 1. The minimum atomic E-state index is -0.988. The van der Waals surface area contributed by atoms with Gasteiger partial charge in [-0.2, -0.15) is 0 Å². The van der Waals surface area contributed by atoms with Gasteiger partial charge in [0.25, 0.3) is 22.7 Å². The minimum Gasteiger partial charge on any atom is -0.478 e. The second-order valence-corrected chi connectivity index (χ2v) is 11.7. The average molecular weight is 620 g/mol. The lowest BCUT2D eigenvalue weighted by molar-refractivity contribution is 0.0695. The van der Waals surface area contributed by atoms with Crippen molar-refractivity contribution in [1.82, 2.24) is 25.0 Å². The van der Waals surface area contributed by atoms with E-state index in [0.29, 0.717) is 37.9 Å². The summed E-state index contributed by atoms with van der Waals surface area (Å²) in [6.45, 7) is 2.98. The van der Waals surface area contributed by atoms with E-state index in [-0.39, 0.29) is 46.7 Å². The summed E-state index contributed by atoms with van der Waals surface area (Å²) >= 11 is 0. The van der Waals surface area contributed by atoms with Gasteiger partial charge in [-0.05, 0) is 71.7 Å². The van der Waals surface area contributed by atoms with Crippen molar-refractivity contribution in [3.63, 3.8) is 0 Å². The number of hydrogen-bond donors (Lipinski definition) is 4. The molecule has 13 nitrogen and oxygen atoms in total. The molecule has 13 heteroatoms. The summed E-state index contributed by atoms with van der Waals surface area (Å²) in [7, 11) is 0. The Labute approximate surface area is 261 Å². The van der Waals surface area contributed by atoms with Gasteiger partial charge >= 0.3 is 5.97 Å². The number of aromatic nitrogens is 3. The van der Waals surface area contributed by atoms with Gasteiger partial charge in [0, 0.05) is 32.0 Å². The predicted molar refractivity (Wildman–Crippen MR) is 168 cm³/mol. The van der Waals surface area contributed by atoms with Crippen molar-refractivity contribution in [2.45, 2.75) is 45.3 Å². The molecule has 232 valence electrons. The van der Waals surface area contributed by atoms with Crippen molar-refractivity contribution in [3.05, 3.63) is 120 Å². The van der Waals surface area contributed by atoms with E-state index in [9.17, 15) is 29.1 Å². The van der Waals surface area contributed by atoms with E-state index >= 15 is 0 Å². The van der Waals surface area contributed by atoms with Crippen molar-refractivity contribution in [1.29, 1.82) is 0 Å². The number of nitrogens with zero attached hydrogens (tertiary/aromatic N) is 4. The topological polar surface area (TPSA) is 189 Å². The van der Waals surface area contributed by atoms with Crippen molar-refractivity contribution in [2.75, 3.05) is 17.2 Å². The van der Waals surface area contributed by atoms with Gasteiger partial charge in [0.05, 0.1) is 11.6 Å². The maximum atomic E-state index is 13.5. The summed E-state index contributed by atoms with van der Waals surface area (Å²) in [6, 6.07) is 10.3. The fourth-order valence-electron chi connectivity index (χ4n) is 6.59. The molecule has 0 saturated carbocycles. The zero-order chi connectivity index (χ0) is 32.3. The van der Waals surface area contributed by atoms with Gasteiger partial charge in [0.2, 0.25) is 5.78 Å². The van der Waals surface area contributed by atoms with E-state index in [1.165, 1.54) is 16.7 Å². The summed E-state index contributed by atoms with van der Waals surface area (Å²) in [5.41, 5.74) is 10.7. The first-order valence-electron chi connectivity index (χ1n) is 14.8. The molecular formula is C33H29N7O6. The van der Waals surface area contributed by atoms with Gasteiger partial charge in [-0.15, -0.1) is 0 Å². The summed E-state index contributed by atoms with van der Waals surface area (Å²) in [5, 5.41) is 15.4. The SMILES string of the molecule is Cc1c(C(=O)O)ccc2c1CC[C@@H]2NC(=O)c1cc(C(=O)NCc2ccc3c(c2)CN(c2c(N)c(=O)c2=O)CC3)n2ccnc2n1. The molecule has 5 N–H and O–H groups in total. The number of benzene rings is 2. The lowest BCUT2D eigenvalue weighted by atomic mass is 9.96. The van der Waals surface area contributed by atoms with Crippen LogP contribution in [0.1, 0.15) is 77.2 Å². The lowest BCUT2D eigenvalue weighted by Crippen LogP contribution is -2.44. The fraction of sp³-hybridized carbons (Fsp3) is 0.242. The van der Waals surface area contributed by atoms with Gasteiger partial charge in [-0.1, -0.05) is 24.3 Å². The van der Waals surface area contributed by atoms with Crippen molar-refractivity contribution < 1.29 is 19.5 Å². The van der Waals surface area contributed by atoms with E-state index in [1.807, 2.05) is 23.1 Å². The second kappa shape index (κ2) is 10.9. The molecule has 3 heterocycles. The number of imidazole rings is 1. The Hall–Kier alpha value is -5.85. The first-order chi connectivity index (χ1) is 22.1. The monoisotopic (exact) mass is 619 g/mol. The van der Waals surface area contributed by atoms with Gasteiger partial charge in [0.1, 0.15) is 22.8 Å². The van der Waals surface area contributed by atoms with Gasteiger partial charge < -0.3 is 26.4 Å². The van der Waals surface area contributed by atoms with Crippen LogP contribution in [-0.4, -0.2) is 43.8 Å². The number of fused-ring (bicyclic) bond motifs is 3. The highest BCUT2D eigenvalue weighted by Gasteiger charge is 2.29. The fourth-order valence-corrected chi connectivity index (χ4v) is 6.59. The molecule has 0 unspecified atom stereocenters. The highest BCUT2D eigenvalue weighted by Crippen LogP contribution is 2.35. The lowest BCUT2D eigenvalue weighted by Gasteiger charge is -2.32. The summed E-state index contributed by atoms with van der Waals surface area (Å²) in [4.78, 5) is 72.5. The zero-order valence-electron chi connectivity index (χ0n) is 24.8. The molecule has 0 fully saturated rings. The number of anilines is 2. The van der Waals surface area contributed by atoms with Crippen LogP contribution in [0.3, 0.4) is 0 Å². The van der Waals surface area contributed by atoms with Crippen molar-refractivity contribution >= 4 is 34.9 Å². The summed E-state index contributed by atoms with van der Waals surface area (Å²) in [6.07, 6.45) is 5.03. The van der Waals surface area contributed by atoms with Crippen LogP contribution in [0.5, 0.6) is 0 Å². The number of nitrogen functional groups attached to an aromatic ring is 1. The summed E-state index contributed by atoms with van der Waals surface area (Å²) < 4.78 is 1.51. The van der Waals surface area contributed by atoms with Crippen molar-refractivity contribution in [3.8, 4) is 0 Å². The highest BCUT2D eigenvalue weighted by molar-refractivity contribution is 5.98. The quantitative estimate of drug-likeness (QED) is 0.196. The van der Waals surface area contributed by atoms with Crippen LogP contribution in [-0.2, 0) is 25.9 Å². The second-order valence-electron chi connectivity index (χ2n) is 11.7. The Bertz CT molecular complexity index is 2180. The average Bonchev–Trinajstić information content (AvgIpc) is 3.70. The van der Waals surface area contributed by atoms with Crippen LogP contribution in [0.4, 0.5) is 11.4 Å². The Morgan fingerprint density at radius 3 is 2.65 bits per heavy atom. The summed E-state index contributed by atoms with van der Waals surface area (Å²) in [5.74, 6) is -1.70. The number of nitrogens with one attached hydrogen (secondary N) is 2. The van der Waals surface area contributed by atoms with E-state index in [2.05, 4.69) is 20.6 Å². The molecule has 5 aromatic rings. The largest absolute Gasteiger partial charge is 0.478 e. The molecule has 0 spiro atoms. The van der Waals surface area contributed by atoms with Crippen molar-refractivity contribution in [2.24, 2.45) is 0 Å². The molecular weight excluding hydrogens is 590 g/mol. The highest BCUT2D eigenvalue weighted by atomic mass is 16.4. The zero-order valence-corrected chi connectivity index (χ0v) is 24.8. The molecule has 0 radical (unpaired) electrons. The van der Waals surface area contributed by atoms with E-state index in [0.717, 1.165) is 27.8 Å².